The minimum absolute atomic E-state index is 0.0862. The van der Waals surface area contributed by atoms with E-state index >= 15 is 0 Å². The van der Waals surface area contributed by atoms with Gasteiger partial charge in [-0.1, -0.05) is 44.5 Å². The van der Waals surface area contributed by atoms with Gasteiger partial charge in [0.2, 0.25) is 6.43 Å². The van der Waals surface area contributed by atoms with Gasteiger partial charge in [-0.05, 0) is 12.0 Å². The standard InChI is InChI=1S/C14H18F2O/c1-3-4-5-13(17)12-8-6-11(7-9-12)10(2)14(15)16/h6-10,14H,3-5H2,1-2H3. The minimum Gasteiger partial charge on any atom is -0.294 e. The lowest BCUT2D eigenvalue weighted by Crippen LogP contribution is -2.05. The molecule has 0 saturated carbocycles. The Balaban J connectivity index is 2.71. The van der Waals surface area contributed by atoms with Crippen LogP contribution in [0.2, 0.25) is 0 Å². The molecule has 0 spiro atoms. The number of hydrogen-bond acceptors (Lipinski definition) is 1. The molecule has 0 amide bonds. The average molecular weight is 240 g/mol. The summed E-state index contributed by atoms with van der Waals surface area (Å²) < 4.78 is 24.9. The third kappa shape index (κ3) is 3.91. The van der Waals surface area contributed by atoms with Crippen molar-refractivity contribution < 1.29 is 13.6 Å². The van der Waals surface area contributed by atoms with Gasteiger partial charge in [-0.25, -0.2) is 8.78 Å². The van der Waals surface area contributed by atoms with Gasteiger partial charge >= 0.3 is 0 Å². The van der Waals surface area contributed by atoms with Crippen LogP contribution in [0.15, 0.2) is 24.3 Å². The molecule has 1 rings (SSSR count). The van der Waals surface area contributed by atoms with Gasteiger partial charge in [0, 0.05) is 17.9 Å². The van der Waals surface area contributed by atoms with Crippen LogP contribution in [-0.2, 0) is 0 Å². The smallest absolute Gasteiger partial charge is 0.245 e. The largest absolute Gasteiger partial charge is 0.294 e. The molecule has 17 heavy (non-hydrogen) atoms. The van der Waals surface area contributed by atoms with Crippen molar-refractivity contribution in [3.05, 3.63) is 35.4 Å². The first-order valence-corrected chi connectivity index (χ1v) is 5.97. The number of benzene rings is 1. The molecule has 0 aliphatic carbocycles. The quantitative estimate of drug-likeness (QED) is 0.672. The van der Waals surface area contributed by atoms with Crippen LogP contribution >= 0.6 is 0 Å². The number of rotatable bonds is 6. The molecule has 1 unspecified atom stereocenters. The molecule has 1 aromatic rings. The van der Waals surface area contributed by atoms with E-state index in [4.69, 9.17) is 0 Å². The number of hydrogen-bond donors (Lipinski definition) is 0. The Bertz CT molecular complexity index is 357. The van der Waals surface area contributed by atoms with Crippen LogP contribution in [0.25, 0.3) is 0 Å². The zero-order valence-electron chi connectivity index (χ0n) is 10.2. The van der Waals surface area contributed by atoms with E-state index in [-0.39, 0.29) is 5.78 Å². The number of halogens is 2. The molecule has 94 valence electrons. The molecule has 1 atom stereocenters. The summed E-state index contributed by atoms with van der Waals surface area (Å²) in [5.41, 5.74) is 1.19. The third-order valence-corrected chi connectivity index (χ3v) is 2.89. The topological polar surface area (TPSA) is 17.1 Å². The van der Waals surface area contributed by atoms with E-state index in [1.165, 1.54) is 6.92 Å². The van der Waals surface area contributed by atoms with Crippen LogP contribution < -0.4 is 0 Å². The highest BCUT2D eigenvalue weighted by Crippen LogP contribution is 2.23. The van der Waals surface area contributed by atoms with Crippen LogP contribution in [0, 0.1) is 0 Å². The van der Waals surface area contributed by atoms with E-state index in [2.05, 4.69) is 0 Å². The van der Waals surface area contributed by atoms with E-state index in [0.29, 0.717) is 17.5 Å². The summed E-state index contributed by atoms with van der Waals surface area (Å²) in [6.07, 6.45) is 0.0113. The zero-order valence-corrected chi connectivity index (χ0v) is 10.2. The van der Waals surface area contributed by atoms with Gasteiger partial charge in [0.25, 0.3) is 0 Å². The summed E-state index contributed by atoms with van der Waals surface area (Å²) in [5.74, 6) is -0.696. The number of alkyl halides is 2. The Morgan fingerprint density at radius 1 is 1.24 bits per heavy atom. The van der Waals surface area contributed by atoms with Crippen molar-refractivity contribution in [1.29, 1.82) is 0 Å². The maximum atomic E-state index is 12.5. The van der Waals surface area contributed by atoms with Crippen molar-refractivity contribution >= 4 is 5.78 Å². The molecule has 3 heteroatoms. The lowest BCUT2D eigenvalue weighted by Gasteiger charge is -2.10. The first kappa shape index (κ1) is 13.8. The van der Waals surface area contributed by atoms with Crippen LogP contribution in [0.4, 0.5) is 8.78 Å². The van der Waals surface area contributed by atoms with Gasteiger partial charge in [-0.15, -0.1) is 0 Å². The Hall–Kier alpha value is -1.25. The van der Waals surface area contributed by atoms with Gasteiger partial charge in [0.05, 0.1) is 0 Å². The number of carbonyl (C=O) groups is 1. The maximum absolute atomic E-state index is 12.5. The molecule has 0 N–H and O–H groups in total. The van der Waals surface area contributed by atoms with Crippen molar-refractivity contribution in [2.45, 2.75) is 45.5 Å². The minimum atomic E-state index is -2.36. The van der Waals surface area contributed by atoms with Crippen LogP contribution in [-0.4, -0.2) is 12.2 Å². The third-order valence-electron chi connectivity index (χ3n) is 2.89. The average Bonchev–Trinajstić information content (AvgIpc) is 2.35. The lowest BCUT2D eigenvalue weighted by atomic mass is 9.98. The van der Waals surface area contributed by atoms with Gasteiger partial charge in [0.1, 0.15) is 0 Å². The molecule has 1 nitrogen and oxygen atoms in total. The molecule has 0 aliphatic heterocycles. The van der Waals surface area contributed by atoms with Gasteiger partial charge in [-0.2, -0.15) is 0 Å². The second-order valence-corrected chi connectivity index (χ2v) is 4.27. The van der Waals surface area contributed by atoms with Crippen molar-refractivity contribution in [1.82, 2.24) is 0 Å². The number of carbonyl (C=O) groups excluding carboxylic acids is 1. The number of Topliss-reactive ketones (excluding diaryl/α,β-unsaturated/α-hetero) is 1. The highest BCUT2D eigenvalue weighted by Gasteiger charge is 2.16. The molecular weight excluding hydrogens is 222 g/mol. The monoisotopic (exact) mass is 240 g/mol. The van der Waals surface area contributed by atoms with Gasteiger partial charge in [0.15, 0.2) is 5.78 Å². The first-order chi connectivity index (χ1) is 8.06. The SMILES string of the molecule is CCCCC(=O)c1ccc(C(C)C(F)F)cc1. The maximum Gasteiger partial charge on any atom is 0.245 e. The van der Waals surface area contributed by atoms with Crippen LogP contribution in [0.5, 0.6) is 0 Å². The molecule has 0 fully saturated rings. The Kier molecular flexibility index (Phi) is 5.26. The van der Waals surface area contributed by atoms with Crippen molar-refractivity contribution in [3.63, 3.8) is 0 Å². The fraction of sp³-hybridized carbons (Fsp3) is 0.500. The normalized spacial score (nSPS) is 12.8. The van der Waals surface area contributed by atoms with Crippen molar-refractivity contribution in [2.24, 2.45) is 0 Å². The molecular formula is C14H18F2O. The summed E-state index contributed by atoms with van der Waals surface area (Å²) in [7, 11) is 0. The molecule has 0 heterocycles. The predicted octanol–water partition coefficient (Wildman–Crippen LogP) is 4.43. The van der Waals surface area contributed by atoms with Crippen LogP contribution in [0.1, 0.15) is 54.9 Å². The van der Waals surface area contributed by atoms with E-state index in [9.17, 15) is 13.6 Å². The summed E-state index contributed by atoms with van der Waals surface area (Å²) >= 11 is 0. The molecule has 0 aliphatic rings. The van der Waals surface area contributed by atoms with E-state index in [0.717, 1.165) is 12.8 Å². The zero-order chi connectivity index (χ0) is 12.8. The Morgan fingerprint density at radius 2 is 1.82 bits per heavy atom. The lowest BCUT2D eigenvalue weighted by molar-refractivity contribution is 0.0980. The van der Waals surface area contributed by atoms with E-state index in [1.54, 1.807) is 24.3 Å². The van der Waals surface area contributed by atoms with Gasteiger partial charge < -0.3 is 0 Å². The summed E-state index contributed by atoms with van der Waals surface area (Å²) in [5, 5.41) is 0. The second-order valence-electron chi connectivity index (χ2n) is 4.27. The molecule has 0 saturated heterocycles. The molecule has 0 radical (unpaired) electrons. The molecule has 0 bridgehead atoms. The van der Waals surface area contributed by atoms with Crippen molar-refractivity contribution in [3.8, 4) is 0 Å². The molecule has 0 aromatic heterocycles. The van der Waals surface area contributed by atoms with Crippen LogP contribution in [0.3, 0.4) is 0 Å². The summed E-state index contributed by atoms with van der Waals surface area (Å²) in [6.45, 7) is 3.51. The summed E-state index contributed by atoms with van der Waals surface area (Å²) in [6, 6.07) is 6.53. The second kappa shape index (κ2) is 6.48. The Labute approximate surface area is 101 Å². The first-order valence-electron chi connectivity index (χ1n) is 5.97. The number of ketones is 1. The van der Waals surface area contributed by atoms with E-state index in [1.807, 2.05) is 6.92 Å². The molecule has 1 aromatic carbocycles. The Morgan fingerprint density at radius 3 is 2.29 bits per heavy atom. The fourth-order valence-electron chi connectivity index (χ4n) is 1.60. The van der Waals surface area contributed by atoms with Crippen molar-refractivity contribution in [2.75, 3.05) is 0 Å². The number of unbranched alkanes of at least 4 members (excludes halogenated alkanes) is 1. The highest BCUT2D eigenvalue weighted by atomic mass is 19.3. The van der Waals surface area contributed by atoms with Gasteiger partial charge in [-0.3, -0.25) is 4.79 Å². The fourth-order valence-corrected chi connectivity index (χ4v) is 1.60. The highest BCUT2D eigenvalue weighted by molar-refractivity contribution is 5.96. The van der Waals surface area contributed by atoms with E-state index < -0.39 is 12.3 Å². The predicted molar refractivity (Wildman–Crippen MR) is 64.7 cm³/mol. The summed E-state index contributed by atoms with van der Waals surface area (Å²) in [4.78, 5) is 11.7.